The lowest BCUT2D eigenvalue weighted by molar-refractivity contribution is -0.136. The van der Waals surface area contributed by atoms with Gasteiger partial charge in [0.2, 0.25) is 5.91 Å². The van der Waals surface area contributed by atoms with Crippen molar-refractivity contribution in [1.82, 2.24) is 4.90 Å². The standard InChI is InChI=1S/C14H20FNO3/c1-4-10(9-17)14(18)16(2)8-11-7-12(15)5-6-13(11)19-3/h5-7,10,17H,4,8-9H2,1-3H3. The molecule has 1 unspecified atom stereocenters. The molecule has 0 spiro atoms. The molecule has 0 heterocycles. The summed E-state index contributed by atoms with van der Waals surface area (Å²) in [7, 11) is 3.13. The Morgan fingerprint density at radius 2 is 2.21 bits per heavy atom. The van der Waals surface area contributed by atoms with Crippen LogP contribution in [0.1, 0.15) is 18.9 Å². The topological polar surface area (TPSA) is 49.8 Å². The molecule has 0 aliphatic carbocycles. The number of carbonyl (C=O) groups is 1. The first kappa shape index (κ1) is 15.4. The molecule has 0 bridgehead atoms. The second-order valence-electron chi connectivity index (χ2n) is 4.44. The fourth-order valence-corrected chi connectivity index (χ4v) is 1.90. The lowest BCUT2D eigenvalue weighted by atomic mass is 10.1. The van der Waals surface area contributed by atoms with Crippen LogP contribution in [0, 0.1) is 11.7 Å². The molecule has 0 fully saturated rings. The number of hydrogen-bond donors (Lipinski definition) is 1. The molecule has 0 aliphatic rings. The van der Waals surface area contributed by atoms with Gasteiger partial charge in [-0.3, -0.25) is 4.79 Å². The highest BCUT2D eigenvalue weighted by Gasteiger charge is 2.20. The summed E-state index contributed by atoms with van der Waals surface area (Å²) in [6, 6.07) is 4.20. The van der Waals surface area contributed by atoms with Crippen molar-refractivity contribution >= 4 is 5.91 Å². The minimum atomic E-state index is -0.412. The van der Waals surface area contributed by atoms with Crippen molar-refractivity contribution < 1.29 is 19.0 Å². The minimum absolute atomic E-state index is 0.156. The Morgan fingerprint density at radius 3 is 2.74 bits per heavy atom. The Labute approximate surface area is 112 Å². The summed E-state index contributed by atoms with van der Waals surface area (Å²) in [6.07, 6.45) is 0.569. The van der Waals surface area contributed by atoms with Crippen LogP contribution in [0.5, 0.6) is 5.75 Å². The van der Waals surface area contributed by atoms with E-state index in [1.54, 1.807) is 7.05 Å². The maximum absolute atomic E-state index is 13.2. The van der Waals surface area contributed by atoms with Gasteiger partial charge in [-0.2, -0.15) is 0 Å². The third-order valence-electron chi connectivity index (χ3n) is 3.09. The molecule has 0 radical (unpaired) electrons. The Morgan fingerprint density at radius 1 is 1.53 bits per heavy atom. The highest BCUT2D eigenvalue weighted by Crippen LogP contribution is 2.21. The Kier molecular flexibility index (Phi) is 5.76. The number of ether oxygens (including phenoxy) is 1. The normalized spacial score (nSPS) is 12.1. The van der Waals surface area contributed by atoms with Gasteiger partial charge in [-0.05, 0) is 24.6 Å². The lowest BCUT2D eigenvalue weighted by Crippen LogP contribution is -2.34. The van der Waals surface area contributed by atoms with E-state index in [0.717, 1.165) is 0 Å². The second kappa shape index (κ2) is 7.09. The quantitative estimate of drug-likeness (QED) is 0.857. The molecule has 1 N–H and O–H groups in total. The maximum Gasteiger partial charge on any atom is 0.228 e. The lowest BCUT2D eigenvalue weighted by Gasteiger charge is -2.22. The van der Waals surface area contributed by atoms with Crippen molar-refractivity contribution in [3.63, 3.8) is 0 Å². The summed E-state index contributed by atoms with van der Waals surface area (Å²) in [5.41, 5.74) is 0.603. The van der Waals surface area contributed by atoms with Gasteiger partial charge in [0.1, 0.15) is 11.6 Å². The Balaban J connectivity index is 2.84. The molecule has 0 saturated heterocycles. The van der Waals surface area contributed by atoms with E-state index in [-0.39, 0.29) is 24.9 Å². The monoisotopic (exact) mass is 269 g/mol. The van der Waals surface area contributed by atoms with Crippen molar-refractivity contribution in [1.29, 1.82) is 0 Å². The van der Waals surface area contributed by atoms with Crippen LogP contribution in [0.2, 0.25) is 0 Å². The third kappa shape index (κ3) is 3.92. The number of nitrogens with zero attached hydrogens (tertiary/aromatic N) is 1. The highest BCUT2D eigenvalue weighted by atomic mass is 19.1. The SMILES string of the molecule is CCC(CO)C(=O)N(C)Cc1cc(F)ccc1OC. The van der Waals surface area contributed by atoms with E-state index < -0.39 is 5.92 Å². The van der Waals surface area contributed by atoms with E-state index >= 15 is 0 Å². The van der Waals surface area contributed by atoms with Crippen LogP contribution in [0.3, 0.4) is 0 Å². The summed E-state index contributed by atoms with van der Waals surface area (Å²) in [5, 5.41) is 9.12. The van der Waals surface area contributed by atoms with Crippen LogP contribution < -0.4 is 4.74 Å². The number of amides is 1. The van der Waals surface area contributed by atoms with Gasteiger partial charge in [-0.1, -0.05) is 6.92 Å². The zero-order valence-electron chi connectivity index (χ0n) is 11.5. The second-order valence-corrected chi connectivity index (χ2v) is 4.44. The molecule has 5 heteroatoms. The zero-order chi connectivity index (χ0) is 14.4. The smallest absolute Gasteiger partial charge is 0.228 e. The highest BCUT2D eigenvalue weighted by molar-refractivity contribution is 5.78. The summed E-state index contributed by atoms with van der Waals surface area (Å²) in [5.74, 6) is -0.398. The van der Waals surface area contributed by atoms with E-state index in [4.69, 9.17) is 9.84 Å². The fraction of sp³-hybridized carbons (Fsp3) is 0.500. The predicted molar refractivity (Wildman–Crippen MR) is 70.3 cm³/mol. The van der Waals surface area contributed by atoms with Gasteiger partial charge in [0.25, 0.3) is 0 Å². The van der Waals surface area contributed by atoms with Crippen LogP contribution in [-0.4, -0.2) is 36.7 Å². The number of aliphatic hydroxyl groups excluding tert-OH is 1. The molecule has 1 atom stereocenters. The summed E-state index contributed by atoms with van der Waals surface area (Å²) in [6.45, 7) is 1.91. The van der Waals surface area contributed by atoms with Crippen LogP contribution in [0.25, 0.3) is 0 Å². The van der Waals surface area contributed by atoms with E-state index in [9.17, 15) is 9.18 Å². The summed E-state index contributed by atoms with van der Waals surface area (Å²) >= 11 is 0. The largest absolute Gasteiger partial charge is 0.496 e. The van der Waals surface area contributed by atoms with Gasteiger partial charge in [-0.25, -0.2) is 4.39 Å². The van der Waals surface area contributed by atoms with Crippen LogP contribution in [0.4, 0.5) is 4.39 Å². The molecular weight excluding hydrogens is 249 g/mol. The van der Waals surface area contributed by atoms with Gasteiger partial charge in [-0.15, -0.1) is 0 Å². The first-order valence-corrected chi connectivity index (χ1v) is 6.21. The molecule has 4 nitrogen and oxygen atoms in total. The Hall–Kier alpha value is -1.62. The van der Waals surface area contributed by atoms with Crippen LogP contribution >= 0.6 is 0 Å². The molecule has 1 amide bonds. The van der Waals surface area contributed by atoms with Crippen LogP contribution in [-0.2, 0) is 11.3 Å². The Bertz CT molecular complexity index is 433. The molecule has 19 heavy (non-hydrogen) atoms. The van der Waals surface area contributed by atoms with Gasteiger partial charge in [0, 0.05) is 19.2 Å². The molecule has 0 aliphatic heterocycles. The molecule has 1 aromatic carbocycles. The van der Waals surface area contributed by atoms with Crippen molar-refractivity contribution in [3.05, 3.63) is 29.6 Å². The average Bonchev–Trinajstić information content (AvgIpc) is 2.40. The van der Waals surface area contributed by atoms with E-state index in [1.165, 1.54) is 30.2 Å². The maximum atomic E-state index is 13.2. The average molecular weight is 269 g/mol. The minimum Gasteiger partial charge on any atom is -0.496 e. The number of halogens is 1. The molecule has 0 aromatic heterocycles. The van der Waals surface area contributed by atoms with E-state index in [0.29, 0.717) is 17.7 Å². The van der Waals surface area contributed by atoms with Crippen molar-refractivity contribution in [2.45, 2.75) is 19.9 Å². The fourth-order valence-electron chi connectivity index (χ4n) is 1.90. The first-order valence-electron chi connectivity index (χ1n) is 6.21. The van der Waals surface area contributed by atoms with Crippen LogP contribution in [0.15, 0.2) is 18.2 Å². The third-order valence-corrected chi connectivity index (χ3v) is 3.09. The molecule has 0 saturated carbocycles. The molecule has 106 valence electrons. The number of methoxy groups -OCH3 is 1. The van der Waals surface area contributed by atoms with Gasteiger partial charge >= 0.3 is 0 Å². The number of carbonyl (C=O) groups excluding carboxylic acids is 1. The van der Waals surface area contributed by atoms with Gasteiger partial charge < -0.3 is 14.7 Å². The number of rotatable bonds is 6. The zero-order valence-corrected chi connectivity index (χ0v) is 11.5. The molecular formula is C14H20FNO3. The number of aliphatic hydroxyl groups is 1. The van der Waals surface area contributed by atoms with E-state index in [2.05, 4.69) is 0 Å². The van der Waals surface area contributed by atoms with Crippen molar-refractivity contribution in [3.8, 4) is 5.75 Å². The summed E-state index contributed by atoms with van der Waals surface area (Å²) in [4.78, 5) is 13.5. The van der Waals surface area contributed by atoms with E-state index in [1.807, 2.05) is 6.92 Å². The number of hydrogen-bond acceptors (Lipinski definition) is 3. The molecule has 1 aromatic rings. The van der Waals surface area contributed by atoms with Gasteiger partial charge in [0.15, 0.2) is 0 Å². The summed E-state index contributed by atoms with van der Waals surface area (Å²) < 4.78 is 18.4. The number of benzene rings is 1. The first-order chi connectivity index (χ1) is 9.03. The van der Waals surface area contributed by atoms with Gasteiger partial charge in [0.05, 0.1) is 19.6 Å². The molecule has 1 rings (SSSR count). The van der Waals surface area contributed by atoms with Crippen molar-refractivity contribution in [2.75, 3.05) is 20.8 Å². The predicted octanol–water partition coefficient (Wildman–Crippen LogP) is 1.81. The van der Waals surface area contributed by atoms with Crippen molar-refractivity contribution in [2.24, 2.45) is 5.92 Å².